The van der Waals surface area contributed by atoms with Gasteiger partial charge in [-0.2, -0.15) is 0 Å². The van der Waals surface area contributed by atoms with Gasteiger partial charge in [-0.3, -0.25) is 0 Å². The second kappa shape index (κ2) is 4.33. The van der Waals surface area contributed by atoms with E-state index in [0.29, 0.717) is 11.6 Å². The summed E-state index contributed by atoms with van der Waals surface area (Å²) < 4.78 is 5.21. The van der Waals surface area contributed by atoms with Crippen LogP contribution in [-0.4, -0.2) is 17.8 Å². The molecule has 0 aliphatic carbocycles. The minimum Gasteiger partial charge on any atom is -0.491 e. The first-order chi connectivity index (χ1) is 5.68. The van der Waals surface area contributed by atoms with Gasteiger partial charge in [0.05, 0.1) is 6.10 Å². The molecule has 0 bridgehead atoms. The topological polar surface area (TPSA) is 29.5 Å². The summed E-state index contributed by atoms with van der Waals surface area (Å²) in [6.07, 6.45) is -0.444. The van der Waals surface area contributed by atoms with Crippen LogP contribution in [0.2, 0.25) is 5.02 Å². The number of halogens is 1. The number of rotatable bonds is 3. The van der Waals surface area contributed by atoms with Gasteiger partial charge in [0.2, 0.25) is 0 Å². The Morgan fingerprint density at radius 1 is 1.42 bits per heavy atom. The van der Waals surface area contributed by atoms with Gasteiger partial charge in [-0.15, -0.1) is 0 Å². The number of hydrogen-bond donors (Lipinski definition) is 1. The van der Waals surface area contributed by atoms with E-state index in [4.69, 9.17) is 21.4 Å². The quantitative estimate of drug-likeness (QED) is 0.784. The highest BCUT2D eigenvalue weighted by Crippen LogP contribution is 2.15. The monoisotopic (exact) mass is 186 g/mol. The van der Waals surface area contributed by atoms with Crippen molar-refractivity contribution in [3.8, 4) is 5.75 Å². The molecule has 12 heavy (non-hydrogen) atoms. The van der Waals surface area contributed by atoms with E-state index in [2.05, 4.69) is 0 Å². The van der Waals surface area contributed by atoms with Gasteiger partial charge in [-0.25, -0.2) is 0 Å². The zero-order valence-electron chi connectivity index (χ0n) is 6.83. The Bertz CT molecular complexity index is 231. The van der Waals surface area contributed by atoms with Crippen LogP contribution in [0.5, 0.6) is 5.75 Å². The molecule has 0 unspecified atom stereocenters. The van der Waals surface area contributed by atoms with Crippen LogP contribution >= 0.6 is 11.6 Å². The smallest absolute Gasteiger partial charge is 0.119 e. The van der Waals surface area contributed by atoms with Crippen molar-refractivity contribution in [3.05, 3.63) is 29.3 Å². The highest BCUT2D eigenvalue weighted by molar-refractivity contribution is 6.30. The summed E-state index contributed by atoms with van der Waals surface area (Å²) in [5.41, 5.74) is 0. The van der Waals surface area contributed by atoms with Crippen molar-refractivity contribution in [2.75, 3.05) is 6.61 Å². The Hall–Kier alpha value is -0.730. The van der Waals surface area contributed by atoms with Crippen molar-refractivity contribution >= 4 is 11.6 Å². The highest BCUT2D eigenvalue weighted by Gasteiger charge is 1.97. The van der Waals surface area contributed by atoms with Gasteiger partial charge in [0.15, 0.2) is 0 Å². The van der Waals surface area contributed by atoms with E-state index in [9.17, 15) is 0 Å². The number of ether oxygens (including phenoxy) is 1. The molecule has 0 aromatic heterocycles. The van der Waals surface area contributed by atoms with E-state index >= 15 is 0 Å². The molecule has 1 N–H and O–H groups in total. The van der Waals surface area contributed by atoms with E-state index in [-0.39, 0.29) is 0 Å². The van der Waals surface area contributed by atoms with Crippen LogP contribution in [0.15, 0.2) is 24.3 Å². The number of hydrogen-bond acceptors (Lipinski definition) is 2. The molecule has 0 aliphatic rings. The molecule has 0 amide bonds. The SMILES string of the molecule is C[C@@H](O)COc1ccc(Cl)cc1. The zero-order valence-corrected chi connectivity index (χ0v) is 7.58. The van der Waals surface area contributed by atoms with Crippen LogP contribution in [0.25, 0.3) is 0 Å². The van der Waals surface area contributed by atoms with Crippen LogP contribution in [0.1, 0.15) is 6.92 Å². The molecule has 0 spiro atoms. The lowest BCUT2D eigenvalue weighted by Gasteiger charge is -2.07. The summed E-state index contributed by atoms with van der Waals surface area (Å²) in [5.74, 6) is 0.723. The van der Waals surface area contributed by atoms with Crippen molar-refractivity contribution in [2.45, 2.75) is 13.0 Å². The third kappa shape index (κ3) is 3.11. The number of aliphatic hydroxyl groups is 1. The summed E-state index contributed by atoms with van der Waals surface area (Å²) in [7, 11) is 0. The van der Waals surface area contributed by atoms with E-state index in [1.807, 2.05) is 0 Å². The van der Waals surface area contributed by atoms with Gasteiger partial charge in [-0.1, -0.05) is 11.6 Å². The first-order valence-corrected chi connectivity index (χ1v) is 4.12. The van der Waals surface area contributed by atoms with Crippen LogP contribution in [0.3, 0.4) is 0 Å². The summed E-state index contributed by atoms with van der Waals surface area (Å²) in [5, 5.41) is 9.60. The van der Waals surface area contributed by atoms with Gasteiger partial charge in [0.1, 0.15) is 12.4 Å². The standard InChI is InChI=1S/C9H11ClO2/c1-7(11)6-12-9-4-2-8(10)3-5-9/h2-5,7,11H,6H2,1H3/t7-/m1/s1. The van der Waals surface area contributed by atoms with Crippen molar-refractivity contribution in [1.82, 2.24) is 0 Å². The normalized spacial score (nSPS) is 12.6. The molecule has 0 radical (unpaired) electrons. The van der Waals surface area contributed by atoms with Crippen LogP contribution < -0.4 is 4.74 Å². The molecular formula is C9H11ClO2. The molecule has 3 heteroatoms. The fraction of sp³-hybridized carbons (Fsp3) is 0.333. The minimum absolute atomic E-state index is 0.307. The number of benzene rings is 1. The molecule has 0 aliphatic heterocycles. The summed E-state index contributed by atoms with van der Waals surface area (Å²) in [6, 6.07) is 7.04. The Balaban J connectivity index is 2.48. The van der Waals surface area contributed by atoms with Crippen LogP contribution in [-0.2, 0) is 0 Å². The van der Waals surface area contributed by atoms with Gasteiger partial charge < -0.3 is 9.84 Å². The maximum atomic E-state index is 8.92. The summed E-state index contributed by atoms with van der Waals surface area (Å²) in [6.45, 7) is 1.98. The minimum atomic E-state index is -0.444. The molecule has 1 atom stereocenters. The Kier molecular flexibility index (Phi) is 3.38. The number of aliphatic hydroxyl groups excluding tert-OH is 1. The first-order valence-electron chi connectivity index (χ1n) is 3.75. The lowest BCUT2D eigenvalue weighted by Crippen LogP contribution is -2.12. The molecule has 1 aromatic rings. The molecule has 0 heterocycles. The zero-order chi connectivity index (χ0) is 8.97. The highest BCUT2D eigenvalue weighted by atomic mass is 35.5. The average molecular weight is 187 g/mol. The average Bonchev–Trinajstić information content (AvgIpc) is 2.03. The lowest BCUT2D eigenvalue weighted by atomic mass is 10.3. The predicted molar refractivity (Wildman–Crippen MR) is 48.6 cm³/mol. The third-order valence-electron chi connectivity index (χ3n) is 1.30. The lowest BCUT2D eigenvalue weighted by molar-refractivity contribution is 0.123. The van der Waals surface area contributed by atoms with E-state index in [0.717, 1.165) is 5.75 Å². The van der Waals surface area contributed by atoms with Crippen LogP contribution in [0, 0.1) is 0 Å². The Labute approximate surface area is 76.7 Å². The first kappa shape index (κ1) is 9.36. The van der Waals surface area contributed by atoms with Crippen molar-refractivity contribution in [3.63, 3.8) is 0 Å². The maximum absolute atomic E-state index is 8.92. The third-order valence-corrected chi connectivity index (χ3v) is 1.56. The van der Waals surface area contributed by atoms with E-state index in [1.54, 1.807) is 31.2 Å². The molecule has 0 fully saturated rings. The summed E-state index contributed by atoms with van der Waals surface area (Å²) in [4.78, 5) is 0. The maximum Gasteiger partial charge on any atom is 0.119 e. The van der Waals surface area contributed by atoms with Crippen molar-refractivity contribution in [2.24, 2.45) is 0 Å². The molecule has 0 saturated carbocycles. The molecule has 1 aromatic carbocycles. The van der Waals surface area contributed by atoms with E-state index < -0.39 is 6.10 Å². The summed E-state index contributed by atoms with van der Waals surface area (Å²) >= 11 is 5.67. The van der Waals surface area contributed by atoms with Crippen molar-refractivity contribution < 1.29 is 9.84 Å². The second-order valence-corrected chi connectivity index (χ2v) is 3.05. The largest absolute Gasteiger partial charge is 0.491 e. The van der Waals surface area contributed by atoms with Gasteiger partial charge >= 0.3 is 0 Å². The van der Waals surface area contributed by atoms with Crippen LogP contribution in [0.4, 0.5) is 0 Å². The molecular weight excluding hydrogens is 176 g/mol. The fourth-order valence-corrected chi connectivity index (χ4v) is 0.874. The van der Waals surface area contributed by atoms with Crippen molar-refractivity contribution in [1.29, 1.82) is 0 Å². The Morgan fingerprint density at radius 3 is 2.50 bits per heavy atom. The fourth-order valence-electron chi connectivity index (χ4n) is 0.748. The predicted octanol–water partition coefficient (Wildman–Crippen LogP) is 2.10. The second-order valence-electron chi connectivity index (χ2n) is 2.61. The molecule has 2 nitrogen and oxygen atoms in total. The Morgan fingerprint density at radius 2 is 2.00 bits per heavy atom. The van der Waals surface area contributed by atoms with Gasteiger partial charge in [0.25, 0.3) is 0 Å². The molecule has 1 rings (SSSR count). The van der Waals surface area contributed by atoms with Gasteiger partial charge in [0, 0.05) is 5.02 Å². The molecule has 66 valence electrons. The van der Waals surface area contributed by atoms with E-state index in [1.165, 1.54) is 0 Å². The van der Waals surface area contributed by atoms with Gasteiger partial charge in [-0.05, 0) is 31.2 Å². The molecule has 0 saturated heterocycles.